The summed E-state index contributed by atoms with van der Waals surface area (Å²) in [5.41, 5.74) is 1.45. The Morgan fingerprint density at radius 2 is 1.70 bits per heavy atom. The largest absolute Gasteiger partial charge is 0.326 e. The molecule has 0 spiro atoms. The van der Waals surface area contributed by atoms with Crippen LogP contribution < -0.4 is 5.32 Å². The Bertz CT molecular complexity index is 470. The number of anilines is 1. The second-order valence-corrected chi connectivity index (χ2v) is 5.75. The lowest BCUT2D eigenvalue weighted by Crippen LogP contribution is -2.27. The summed E-state index contributed by atoms with van der Waals surface area (Å²) in [7, 11) is 0. The van der Waals surface area contributed by atoms with Crippen LogP contribution in [0.4, 0.5) is 5.69 Å². The topological polar surface area (TPSA) is 46.2 Å². The monoisotopic (exact) mass is 273 g/mol. The Kier molecular flexibility index (Phi) is 4.94. The molecule has 2 rings (SSSR count). The maximum absolute atomic E-state index is 12.2. The Hall–Kier alpha value is -1.64. The van der Waals surface area contributed by atoms with E-state index in [0.717, 1.165) is 37.3 Å². The Morgan fingerprint density at radius 3 is 2.20 bits per heavy atom. The molecule has 0 bridgehead atoms. The lowest BCUT2D eigenvalue weighted by Gasteiger charge is -2.26. The summed E-state index contributed by atoms with van der Waals surface area (Å²) in [6.45, 7) is 3.77. The van der Waals surface area contributed by atoms with Gasteiger partial charge in [0, 0.05) is 17.2 Å². The van der Waals surface area contributed by atoms with Gasteiger partial charge in [-0.05, 0) is 62.8 Å². The Balaban J connectivity index is 1.90. The van der Waals surface area contributed by atoms with Crippen molar-refractivity contribution in [3.05, 3.63) is 29.8 Å². The minimum Gasteiger partial charge on any atom is -0.326 e. The van der Waals surface area contributed by atoms with Crippen molar-refractivity contribution in [2.24, 2.45) is 11.8 Å². The maximum atomic E-state index is 12.2. The first-order valence-electron chi connectivity index (χ1n) is 7.52. The quantitative estimate of drug-likeness (QED) is 0.841. The third-order valence-electron chi connectivity index (χ3n) is 4.35. The summed E-state index contributed by atoms with van der Waals surface area (Å²) in [5.74, 6) is 1.11. The van der Waals surface area contributed by atoms with E-state index in [-0.39, 0.29) is 17.6 Å². The van der Waals surface area contributed by atoms with Gasteiger partial charge in [-0.2, -0.15) is 0 Å². The van der Waals surface area contributed by atoms with Crippen LogP contribution in [0.5, 0.6) is 0 Å². The van der Waals surface area contributed by atoms with E-state index < -0.39 is 0 Å². The van der Waals surface area contributed by atoms with Crippen molar-refractivity contribution < 1.29 is 9.59 Å². The molecule has 1 amide bonds. The van der Waals surface area contributed by atoms with Crippen LogP contribution in [0, 0.1) is 11.8 Å². The number of carbonyl (C=O) groups is 2. The van der Waals surface area contributed by atoms with Crippen molar-refractivity contribution in [2.75, 3.05) is 5.32 Å². The molecule has 1 aromatic rings. The van der Waals surface area contributed by atoms with E-state index in [2.05, 4.69) is 12.2 Å². The molecule has 1 aliphatic rings. The summed E-state index contributed by atoms with van der Waals surface area (Å²) in [5, 5.41) is 2.96. The van der Waals surface area contributed by atoms with Crippen LogP contribution in [0.2, 0.25) is 0 Å². The van der Waals surface area contributed by atoms with Gasteiger partial charge in [-0.15, -0.1) is 0 Å². The maximum Gasteiger partial charge on any atom is 0.227 e. The van der Waals surface area contributed by atoms with Crippen LogP contribution >= 0.6 is 0 Å². The van der Waals surface area contributed by atoms with Crippen LogP contribution in [0.15, 0.2) is 24.3 Å². The van der Waals surface area contributed by atoms with Gasteiger partial charge in [0.1, 0.15) is 0 Å². The molecule has 0 unspecified atom stereocenters. The second-order valence-electron chi connectivity index (χ2n) is 5.75. The van der Waals surface area contributed by atoms with Gasteiger partial charge in [0.2, 0.25) is 5.91 Å². The molecule has 0 aliphatic heterocycles. The van der Waals surface area contributed by atoms with E-state index in [1.54, 1.807) is 31.2 Å². The number of amides is 1. The first-order chi connectivity index (χ1) is 9.60. The lowest BCUT2D eigenvalue weighted by molar-refractivity contribution is -0.121. The van der Waals surface area contributed by atoms with Crippen molar-refractivity contribution in [3.63, 3.8) is 0 Å². The zero-order valence-corrected chi connectivity index (χ0v) is 12.3. The minimum absolute atomic E-state index is 0.0424. The van der Waals surface area contributed by atoms with Crippen LogP contribution in [0.1, 0.15) is 56.3 Å². The van der Waals surface area contributed by atoms with Crippen molar-refractivity contribution >= 4 is 17.4 Å². The first-order valence-corrected chi connectivity index (χ1v) is 7.52. The summed E-state index contributed by atoms with van der Waals surface area (Å²) in [6.07, 6.45) is 5.54. The Morgan fingerprint density at radius 1 is 1.10 bits per heavy atom. The summed E-state index contributed by atoms with van der Waals surface area (Å²) in [4.78, 5) is 23.4. The number of carbonyl (C=O) groups excluding carboxylic acids is 2. The summed E-state index contributed by atoms with van der Waals surface area (Å²) < 4.78 is 0. The highest BCUT2D eigenvalue weighted by molar-refractivity contribution is 5.96. The molecule has 3 heteroatoms. The second kappa shape index (κ2) is 6.69. The number of rotatable bonds is 4. The zero-order valence-electron chi connectivity index (χ0n) is 12.3. The first kappa shape index (κ1) is 14.8. The van der Waals surface area contributed by atoms with Gasteiger partial charge in [-0.3, -0.25) is 9.59 Å². The zero-order chi connectivity index (χ0) is 14.5. The molecule has 0 radical (unpaired) electrons. The van der Waals surface area contributed by atoms with E-state index in [4.69, 9.17) is 0 Å². The number of hydrogen-bond donors (Lipinski definition) is 1. The average Bonchev–Trinajstić information content (AvgIpc) is 2.48. The number of ketones is 1. The highest BCUT2D eigenvalue weighted by Crippen LogP contribution is 2.31. The average molecular weight is 273 g/mol. The van der Waals surface area contributed by atoms with Gasteiger partial charge in [-0.1, -0.05) is 13.3 Å². The van der Waals surface area contributed by atoms with Crippen molar-refractivity contribution in [2.45, 2.75) is 46.0 Å². The van der Waals surface area contributed by atoms with E-state index in [1.807, 2.05) is 0 Å². The number of Topliss-reactive ketones (excluding diaryl/α,β-unsaturated/α-hetero) is 1. The molecular weight excluding hydrogens is 250 g/mol. The van der Waals surface area contributed by atoms with Crippen molar-refractivity contribution in [1.82, 2.24) is 0 Å². The van der Waals surface area contributed by atoms with Crippen molar-refractivity contribution in [1.29, 1.82) is 0 Å². The molecule has 1 aliphatic carbocycles. The molecule has 1 aromatic carbocycles. The highest BCUT2D eigenvalue weighted by Gasteiger charge is 2.25. The highest BCUT2D eigenvalue weighted by atomic mass is 16.2. The van der Waals surface area contributed by atoms with Crippen LogP contribution in [0.3, 0.4) is 0 Å². The normalized spacial score (nSPS) is 22.3. The molecule has 1 N–H and O–H groups in total. The van der Waals surface area contributed by atoms with Gasteiger partial charge in [0.25, 0.3) is 0 Å². The molecule has 0 atom stereocenters. The molecule has 1 fully saturated rings. The molecule has 0 heterocycles. The molecule has 1 saturated carbocycles. The van der Waals surface area contributed by atoms with Crippen LogP contribution in [-0.4, -0.2) is 11.7 Å². The number of benzene rings is 1. The lowest BCUT2D eigenvalue weighted by atomic mass is 9.80. The Labute approximate surface area is 120 Å². The molecule has 0 aromatic heterocycles. The molecular formula is C17H23NO2. The number of nitrogens with one attached hydrogen (secondary N) is 1. The summed E-state index contributed by atoms with van der Waals surface area (Å²) in [6, 6.07) is 7.11. The number of hydrogen-bond acceptors (Lipinski definition) is 2. The standard InChI is InChI=1S/C17H23NO2/c1-3-13-4-6-15(7-5-13)17(20)18-16-10-8-14(9-11-16)12(2)19/h8-11,13,15H,3-7H2,1-2H3,(H,18,20). The van der Waals surface area contributed by atoms with Crippen LogP contribution in [0.25, 0.3) is 0 Å². The predicted octanol–water partition coefficient (Wildman–Crippen LogP) is 4.04. The fourth-order valence-electron chi connectivity index (χ4n) is 2.87. The van der Waals surface area contributed by atoms with E-state index in [0.29, 0.717) is 5.56 Å². The van der Waals surface area contributed by atoms with Gasteiger partial charge in [0.15, 0.2) is 5.78 Å². The minimum atomic E-state index is 0.0424. The van der Waals surface area contributed by atoms with Crippen LogP contribution in [-0.2, 0) is 4.79 Å². The van der Waals surface area contributed by atoms with Gasteiger partial charge >= 0.3 is 0 Å². The van der Waals surface area contributed by atoms with E-state index in [1.165, 1.54) is 6.42 Å². The van der Waals surface area contributed by atoms with Gasteiger partial charge in [-0.25, -0.2) is 0 Å². The summed E-state index contributed by atoms with van der Waals surface area (Å²) >= 11 is 0. The van der Waals surface area contributed by atoms with E-state index in [9.17, 15) is 9.59 Å². The fraction of sp³-hybridized carbons (Fsp3) is 0.529. The third-order valence-corrected chi connectivity index (χ3v) is 4.35. The van der Waals surface area contributed by atoms with Gasteiger partial charge in [0.05, 0.1) is 0 Å². The smallest absolute Gasteiger partial charge is 0.227 e. The molecule has 108 valence electrons. The molecule has 0 saturated heterocycles. The molecule has 3 nitrogen and oxygen atoms in total. The predicted molar refractivity (Wildman–Crippen MR) is 80.8 cm³/mol. The van der Waals surface area contributed by atoms with Crippen molar-refractivity contribution in [3.8, 4) is 0 Å². The van der Waals surface area contributed by atoms with Gasteiger partial charge < -0.3 is 5.32 Å². The van der Waals surface area contributed by atoms with E-state index >= 15 is 0 Å². The third kappa shape index (κ3) is 3.69. The molecule has 20 heavy (non-hydrogen) atoms. The fourth-order valence-corrected chi connectivity index (χ4v) is 2.87. The SMILES string of the molecule is CCC1CCC(C(=O)Nc2ccc(C(C)=O)cc2)CC1.